The van der Waals surface area contributed by atoms with Crippen molar-refractivity contribution in [3.05, 3.63) is 47.5 Å². The standard InChI is InChI=1S/C16H14ClF2N5O3/c1-9(26-16-20-6-11(25-2)7-21-16)13-8-24(23-22-13)10-3-4-12(17)14(5-10)27-15(18)19/h3-9,15H,1-2H3/t9-/m0/s1. The van der Waals surface area contributed by atoms with Gasteiger partial charge in [-0.3, -0.25) is 0 Å². The van der Waals surface area contributed by atoms with Crippen molar-refractivity contribution < 1.29 is 23.0 Å². The highest BCUT2D eigenvalue weighted by atomic mass is 35.5. The van der Waals surface area contributed by atoms with E-state index in [1.807, 2.05) is 0 Å². The van der Waals surface area contributed by atoms with Crippen LogP contribution >= 0.6 is 11.6 Å². The topological polar surface area (TPSA) is 84.2 Å². The van der Waals surface area contributed by atoms with Crippen molar-refractivity contribution in [2.24, 2.45) is 0 Å². The number of halogens is 3. The molecule has 2 heterocycles. The molecular formula is C16H14ClF2N5O3. The van der Waals surface area contributed by atoms with Gasteiger partial charge < -0.3 is 14.2 Å². The average Bonchev–Trinajstić information content (AvgIpc) is 3.14. The Bertz CT molecular complexity index is 907. The van der Waals surface area contributed by atoms with Crippen LogP contribution in [0, 0.1) is 0 Å². The minimum absolute atomic E-state index is 0.0627. The van der Waals surface area contributed by atoms with Gasteiger partial charge >= 0.3 is 12.6 Å². The van der Waals surface area contributed by atoms with E-state index in [4.69, 9.17) is 21.1 Å². The molecule has 0 aliphatic heterocycles. The molecule has 2 aromatic heterocycles. The predicted molar refractivity (Wildman–Crippen MR) is 90.6 cm³/mol. The highest BCUT2D eigenvalue weighted by Crippen LogP contribution is 2.28. The maximum absolute atomic E-state index is 12.4. The summed E-state index contributed by atoms with van der Waals surface area (Å²) in [5.74, 6) is 0.350. The van der Waals surface area contributed by atoms with Crippen LogP contribution in [0.1, 0.15) is 18.7 Å². The first-order valence-corrected chi connectivity index (χ1v) is 8.03. The van der Waals surface area contributed by atoms with Crippen molar-refractivity contribution in [3.63, 3.8) is 0 Å². The molecule has 0 spiro atoms. The van der Waals surface area contributed by atoms with Gasteiger partial charge in [-0.05, 0) is 19.1 Å². The Kier molecular flexibility index (Phi) is 5.65. The summed E-state index contributed by atoms with van der Waals surface area (Å²) < 4.78 is 41.2. The van der Waals surface area contributed by atoms with Crippen LogP contribution in [-0.4, -0.2) is 38.7 Å². The molecule has 1 atom stereocenters. The molecule has 3 aromatic rings. The molecule has 0 bridgehead atoms. The van der Waals surface area contributed by atoms with Gasteiger partial charge in [-0.2, -0.15) is 18.7 Å². The second-order valence-electron chi connectivity index (χ2n) is 5.25. The van der Waals surface area contributed by atoms with Crippen molar-refractivity contribution in [3.8, 4) is 23.2 Å². The van der Waals surface area contributed by atoms with E-state index in [9.17, 15) is 8.78 Å². The lowest BCUT2D eigenvalue weighted by Gasteiger charge is -2.10. The van der Waals surface area contributed by atoms with Gasteiger partial charge in [0.2, 0.25) is 0 Å². The van der Waals surface area contributed by atoms with Crippen LogP contribution in [-0.2, 0) is 0 Å². The summed E-state index contributed by atoms with van der Waals surface area (Å²) in [5, 5.41) is 8.05. The Labute approximate surface area is 157 Å². The van der Waals surface area contributed by atoms with Crippen LogP contribution in [0.4, 0.5) is 8.78 Å². The Morgan fingerprint density at radius 3 is 2.56 bits per heavy atom. The van der Waals surface area contributed by atoms with Gasteiger partial charge in [-0.25, -0.2) is 4.68 Å². The zero-order valence-corrected chi connectivity index (χ0v) is 15.0. The van der Waals surface area contributed by atoms with Gasteiger partial charge in [-0.15, -0.1) is 5.10 Å². The monoisotopic (exact) mass is 397 g/mol. The lowest BCUT2D eigenvalue weighted by Crippen LogP contribution is -2.06. The fourth-order valence-electron chi connectivity index (χ4n) is 2.10. The fraction of sp³-hybridized carbons (Fsp3) is 0.250. The lowest BCUT2D eigenvalue weighted by molar-refractivity contribution is -0.0497. The molecule has 0 N–H and O–H groups in total. The van der Waals surface area contributed by atoms with E-state index >= 15 is 0 Å². The first-order valence-electron chi connectivity index (χ1n) is 7.66. The molecule has 0 aliphatic rings. The van der Waals surface area contributed by atoms with Gasteiger partial charge in [0.1, 0.15) is 17.5 Å². The number of aromatic nitrogens is 5. The quantitative estimate of drug-likeness (QED) is 0.603. The molecule has 0 saturated carbocycles. The Hall–Kier alpha value is -3.01. The van der Waals surface area contributed by atoms with Crippen LogP contribution in [0.5, 0.6) is 17.5 Å². The van der Waals surface area contributed by atoms with E-state index in [1.165, 1.54) is 36.3 Å². The number of alkyl halides is 2. The molecule has 27 heavy (non-hydrogen) atoms. The SMILES string of the molecule is COc1cnc(O[C@@H](C)c2cn(-c3ccc(Cl)c(OC(F)F)c3)nn2)nc1. The minimum Gasteiger partial charge on any atom is -0.494 e. The summed E-state index contributed by atoms with van der Waals surface area (Å²) in [7, 11) is 1.51. The maximum atomic E-state index is 12.4. The molecule has 11 heteroatoms. The zero-order valence-electron chi connectivity index (χ0n) is 14.2. The highest BCUT2D eigenvalue weighted by molar-refractivity contribution is 6.32. The second kappa shape index (κ2) is 8.12. The number of hydrogen-bond donors (Lipinski definition) is 0. The van der Waals surface area contributed by atoms with Crippen molar-refractivity contribution in [1.29, 1.82) is 0 Å². The van der Waals surface area contributed by atoms with E-state index in [-0.39, 0.29) is 16.8 Å². The number of ether oxygens (including phenoxy) is 3. The van der Waals surface area contributed by atoms with Crippen LogP contribution in [0.15, 0.2) is 36.8 Å². The summed E-state index contributed by atoms with van der Waals surface area (Å²) in [6.45, 7) is -1.24. The van der Waals surface area contributed by atoms with E-state index in [0.29, 0.717) is 17.1 Å². The van der Waals surface area contributed by atoms with E-state index < -0.39 is 12.7 Å². The smallest absolute Gasteiger partial charge is 0.387 e. The minimum atomic E-state index is -2.98. The number of benzene rings is 1. The third kappa shape index (κ3) is 4.59. The molecule has 0 unspecified atom stereocenters. The van der Waals surface area contributed by atoms with E-state index in [2.05, 4.69) is 25.0 Å². The van der Waals surface area contributed by atoms with E-state index in [0.717, 1.165) is 0 Å². The van der Waals surface area contributed by atoms with Gasteiger partial charge in [-0.1, -0.05) is 16.8 Å². The largest absolute Gasteiger partial charge is 0.494 e. The first-order chi connectivity index (χ1) is 13.0. The van der Waals surface area contributed by atoms with Gasteiger partial charge in [0, 0.05) is 6.07 Å². The Morgan fingerprint density at radius 2 is 1.89 bits per heavy atom. The molecule has 0 radical (unpaired) electrons. The molecule has 0 saturated heterocycles. The third-order valence-corrected chi connectivity index (χ3v) is 3.76. The molecular weight excluding hydrogens is 384 g/mol. The lowest BCUT2D eigenvalue weighted by atomic mass is 10.3. The van der Waals surface area contributed by atoms with Gasteiger partial charge in [0.05, 0.1) is 36.4 Å². The summed E-state index contributed by atoms with van der Waals surface area (Å²) in [6, 6.07) is 4.51. The Balaban J connectivity index is 1.75. The second-order valence-corrected chi connectivity index (χ2v) is 5.65. The predicted octanol–water partition coefficient (Wildman–Crippen LogP) is 3.46. The van der Waals surface area contributed by atoms with Crippen molar-refractivity contribution >= 4 is 11.6 Å². The fourth-order valence-corrected chi connectivity index (χ4v) is 2.26. The molecule has 142 valence electrons. The van der Waals surface area contributed by atoms with Gasteiger partial charge in [0.15, 0.2) is 5.75 Å². The first kappa shape index (κ1) is 18.8. The van der Waals surface area contributed by atoms with Crippen LogP contribution < -0.4 is 14.2 Å². The number of methoxy groups -OCH3 is 1. The summed E-state index contributed by atoms with van der Waals surface area (Å²) in [6.07, 6.45) is 4.04. The Morgan fingerprint density at radius 1 is 1.15 bits per heavy atom. The number of nitrogens with zero attached hydrogens (tertiary/aromatic N) is 5. The molecule has 0 aliphatic carbocycles. The van der Waals surface area contributed by atoms with Crippen molar-refractivity contribution in [1.82, 2.24) is 25.0 Å². The van der Waals surface area contributed by atoms with Crippen molar-refractivity contribution in [2.45, 2.75) is 19.6 Å². The van der Waals surface area contributed by atoms with Crippen LogP contribution in [0.3, 0.4) is 0 Å². The molecule has 0 amide bonds. The van der Waals surface area contributed by atoms with Crippen LogP contribution in [0.2, 0.25) is 5.02 Å². The average molecular weight is 398 g/mol. The summed E-state index contributed by atoms with van der Waals surface area (Å²) >= 11 is 5.85. The zero-order chi connectivity index (χ0) is 19.4. The maximum Gasteiger partial charge on any atom is 0.387 e. The van der Waals surface area contributed by atoms with Gasteiger partial charge in [0.25, 0.3) is 0 Å². The van der Waals surface area contributed by atoms with Crippen molar-refractivity contribution in [2.75, 3.05) is 7.11 Å². The molecule has 8 nitrogen and oxygen atoms in total. The summed E-state index contributed by atoms with van der Waals surface area (Å²) in [5.41, 5.74) is 0.933. The van der Waals surface area contributed by atoms with Crippen LogP contribution in [0.25, 0.3) is 5.69 Å². The molecule has 3 rings (SSSR count). The molecule has 1 aromatic carbocycles. The summed E-state index contributed by atoms with van der Waals surface area (Å²) in [4.78, 5) is 8.03. The number of rotatable bonds is 7. The third-order valence-electron chi connectivity index (χ3n) is 3.45. The normalized spacial score (nSPS) is 12.1. The highest BCUT2D eigenvalue weighted by Gasteiger charge is 2.16. The van der Waals surface area contributed by atoms with E-state index in [1.54, 1.807) is 19.2 Å². The molecule has 0 fully saturated rings. The number of hydrogen-bond acceptors (Lipinski definition) is 7.